The Morgan fingerprint density at radius 2 is 2.25 bits per heavy atom. The Balaban J connectivity index is 2.03. The summed E-state index contributed by atoms with van der Waals surface area (Å²) in [5.41, 5.74) is 0.792. The Labute approximate surface area is 50.5 Å². The number of hydrogen-bond donors (Lipinski definition) is 1. The second kappa shape index (κ2) is 1.27. The van der Waals surface area contributed by atoms with Crippen LogP contribution in [0.1, 0.15) is 26.2 Å². The van der Waals surface area contributed by atoms with Crippen molar-refractivity contribution < 1.29 is 0 Å². The predicted molar refractivity (Wildman–Crippen MR) is 33.7 cm³/mol. The minimum absolute atomic E-state index is 0.792. The molecule has 46 valence electrons. The van der Waals surface area contributed by atoms with Crippen molar-refractivity contribution in [2.75, 3.05) is 6.54 Å². The van der Waals surface area contributed by atoms with Gasteiger partial charge in [-0.15, -0.1) is 0 Å². The van der Waals surface area contributed by atoms with Gasteiger partial charge in [-0.1, -0.05) is 6.42 Å². The summed E-state index contributed by atoms with van der Waals surface area (Å²) in [6, 6.07) is 0.830. The zero-order valence-electron chi connectivity index (χ0n) is 5.41. The molecule has 1 spiro atoms. The minimum Gasteiger partial charge on any atom is -0.313 e. The number of nitrogens with one attached hydrogen (secondary N) is 1. The van der Waals surface area contributed by atoms with E-state index in [1.165, 1.54) is 25.8 Å². The van der Waals surface area contributed by atoms with Gasteiger partial charge in [-0.2, -0.15) is 0 Å². The average Bonchev–Trinajstić information content (AvgIpc) is 1.58. The van der Waals surface area contributed by atoms with Crippen LogP contribution in [-0.2, 0) is 0 Å². The highest BCUT2D eigenvalue weighted by Gasteiger charge is 2.47. The summed E-state index contributed by atoms with van der Waals surface area (Å²) in [5, 5.41) is 3.40. The fraction of sp³-hybridized carbons (Fsp3) is 1.00. The van der Waals surface area contributed by atoms with Crippen LogP contribution < -0.4 is 5.32 Å². The Kier molecular flexibility index (Phi) is 0.762. The van der Waals surface area contributed by atoms with Crippen LogP contribution >= 0.6 is 0 Å². The highest BCUT2D eigenvalue weighted by Crippen LogP contribution is 2.47. The fourth-order valence-electron chi connectivity index (χ4n) is 1.84. The molecular formula is C7H13N. The predicted octanol–water partition coefficient (Wildman–Crippen LogP) is 1.15. The lowest BCUT2D eigenvalue weighted by molar-refractivity contribution is 0.00559. The summed E-state index contributed by atoms with van der Waals surface area (Å²) in [6.45, 7) is 3.61. The van der Waals surface area contributed by atoms with Gasteiger partial charge in [-0.3, -0.25) is 0 Å². The summed E-state index contributed by atoms with van der Waals surface area (Å²) in [4.78, 5) is 0. The van der Waals surface area contributed by atoms with E-state index in [9.17, 15) is 0 Å². The summed E-state index contributed by atoms with van der Waals surface area (Å²) < 4.78 is 0. The van der Waals surface area contributed by atoms with Gasteiger partial charge in [0.05, 0.1) is 0 Å². The van der Waals surface area contributed by atoms with Crippen LogP contribution in [0.15, 0.2) is 0 Å². The third kappa shape index (κ3) is 0.368. The van der Waals surface area contributed by atoms with Crippen molar-refractivity contribution in [1.82, 2.24) is 5.32 Å². The largest absolute Gasteiger partial charge is 0.313 e. The molecule has 0 aromatic carbocycles. The maximum absolute atomic E-state index is 3.40. The Morgan fingerprint density at radius 1 is 1.50 bits per heavy atom. The van der Waals surface area contributed by atoms with Crippen LogP contribution in [0.25, 0.3) is 0 Å². The smallest absolute Gasteiger partial charge is 0.0108 e. The molecule has 8 heavy (non-hydrogen) atoms. The van der Waals surface area contributed by atoms with Crippen molar-refractivity contribution in [2.24, 2.45) is 5.41 Å². The van der Waals surface area contributed by atoms with E-state index in [0.717, 1.165) is 11.5 Å². The first-order valence-electron chi connectivity index (χ1n) is 3.57. The molecule has 1 aliphatic carbocycles. The van der Waals surface area contributed by atoms with Gasteiger partial charge in [0.25, 0.3) is 0 Å². The van der Waals surface area contributed by atoms with E-state index in [1.807, 2.05) is 0 Å². The third-order valence-electron chi connectivity index (χ3n) is 3.03. The molecule has 1 saturated heterocycles. The van der Waals surface area contributed by atoms with E-state index >= 15 is 0 Å². The molecular weight excluding hydrogens is 98.1 g/mol. The van der Waals surface area contributed by atoms with Crippen molar-refractivity contribution in [3.63, 3.8) is 0 Å². The lowest BCUT2D eigenvalue weighted by Crippen LogP contribution is -2.64. The molecule has 1 N–H and O–H groups in total. The molecule has 0 amide bonds. The van der Waals surface area contributed by atoms with Crippen molar-refractivity contribution in [3.05, 3.63) is 0 Å². The van der Waals surface area contributed by atoms with E-state index in [1.54, 1.807) is 0 Å². The minimum atomic E-state index is 0.792. The molecule has 2 aliphatic rings. The monoisotopic (exact) mass is 111 g/mol. The first-order valence-corrected chi connectivity index (χ1v) is 3.57. The molecule has 0 unspecified atom stereocenters. The molecule has 1 saturated carbocycles. The highest BCUT2D eigenvalue weighted by molar-refractivity contribution is 5.04. The van der Waals surface area contributed by atoms with Gasteiger partial charge in [0, 0.05) is 12.6 Å². The van der Waals surface area contributed by atoms with Crippen molar-refractivity contribution >= 4 is 0 Å². The number of rotatable bonds is 0. The van der Waals surface area contributed by atoms with Crippen LogP contribution in [0.3, 0.4) is 0 Å². The second-order valence-corrected chi connectivity index (χ2v) is 3.32. The summed E-state index contributed by atoms with van der Waals surface area (Å²) >= 11 is 0. The molecule has 1 atom stereocenters. The number of hydrogen-bond acceptors (Lipinski definition) is 1. The van der Waals surface area contributed by atoms with Crippen molar-refractivity contribution in [2.45, 2.75) is 32.2 Å². The zero-order valence-corrected chi connectivity index (χ0v) is 5.41. The molecule has 2 fully saturated rings. The van der Waals surface area contributed by atoms with Crippen LogP contribution in [0, 0.1) is 5.41 Å². The van der Waals surface area contributed by atoms with Gasteiger partial charge in [-0.05, 0) is 25.2 Å². The maximum Gasteiger partial charge on any atom is 0.0108 e. The van der Waals surface area contributed by atoms with Crippen molar-refractivity contribution in [1.29, 1.82) is 0 Å². The maximum atomic E-state index is 3.40. The van der Waals surface area contributed by atoms with Crippen LogP contribution in [-0.4, -0.2) is 12.6 Å². The molecule has 0 aromatic heterocycles. The molecule has 1 aliphatic heterocycles. The molecule has 1 nitrogen and oxygen atoms in total. The summed E-state index contributed by atoms with van der Waals surface area (Å²) in [5.74, 6) is 0. The fourth-order valence-corrected chi connectivity index (χ4v) is 1.84. The Bertz CT molecular complexity index is 99.4. The average molecular weight is 111 g/mol. The van der Waals surface area contributed by atoms with Gasteiger partial charge in [0.1, 0.15) is 0 Å². The molecule has 0 radical (unpaired) electrons. The van der Waals surface area contributed by atoms with Gasteiger partial charge >= 0.3 is 0 Å². The SMILES string of the molecule is C[C@@H]1NCC12CCC2. The van der Waals surface area contributed by atoms with Gasteiger partial charge in [0.2, 0.25) is 0 Å². The van der Waals surface area contributed by atoms with E-state index in [-0.39, 0.29) is 0 Å². The van der Waals surface area contributed by atoms with E-state index in [4.69, 9.17) is 0 Å². The van der Waals surface area contributed by atoms with Gasteiger partial charge in [-0.25, -0.2) is 0 Å². The van der Waals surface area contributed by atoms with Crippen LogP contribution in [0.2, 0.25) is 0 Å². The van der Waals surface area contributed by atoms with E-state index in [0.29, 0.717) is 0 Å². The third-order valence-corrected chi connectivity index (χ3v) is 3.03. The topological polar surface area (TPSA) is 12.0 Å². The molecule has 0 bridgehead atoms. The van der Waals surface area contributed by atoms with Gasteiger partial charge in [0.15, 0.2) is 0 Å². The quantitative estimate of drug-likeness (QED) is 0.494. The Morgan fingerprint density at radius 3 is 2.25 bits per heavy atom. The first-order chi connectivity index (χ1) is 3.83. The molecule has 2 rings (SSSR count). The van der Waals surface area contributed by atoms with Gasteiger partial charge < -0.3 is 5.32 Å². The van der Waals surface area contributed by atoms with E-state index < -0.39 is 0 Å². The summed E-state index contributed by atoms with van der Waals surface area (Å²) in [6.07, 6.45) is 4.45. The lowest BCUT2D eigenvalue weighted by Gasteiger charge is -2.55. The van der Waals surface area contributed by atoms with Crippen LogP contribution in [0.5, 0.6) is 0 Å². The first kappa shape index (κ1) is 4.80. The molecule has 0 aromatic rings. The van der Waals surface area contributed by atoms with E-state index in [2.05, 4.69) is 12.2 Å². The van der Waals surface area contributed by atoms with Crippen LogP contribution in [0.4, 0.5) is 0 Å². The van der Waals surface area contributed by atoms with Crippen molar-refractivity contribution in [3.8, 4) is 0 Å². The highest BCUT2D eigenvalue weighted by atomic mass is 15.0. The summed E-state index contributed by atoms with van der Waals surface area (Å²) in [7, 11) is 0. The second-order valence-electron chi connectivity index (χ2n) is 3.32. The standard InChI is InChI=1S/C7H13N/c1-6-7(5-8-6)3-2-4-7/h6,8H,2-5H2,1H3/t6-/m0/s1. The Hall–Kier alpha value is -0.0400. The zero-order chi connectivity index (χ0) is 5.61. The molecule has 1 heteroatoms. The lowest BCUT2D eigenvalue weighted by atomic mass is 9.60. The normalized spacial score (nSPS) is 40.9. The molecule has 1 heterocycles.